The van der Waals surface area contributed by atoms with E-state index in [4.69, 9.17) is 12.2 Å². The van der Waals surface area contributed by atoms with Crippen molar-refractivity contribution in [1.82, 2.24) is 10.6 Å². The molecule has 0 saturated heterocycles. The number of hydrogen-bond acceptors (Lipinski definition) is 2. The van der Waals surface area contributed by atoms with E-state index >= 15 is 0 Å². The summed E-state index contributed by atoms with van der Waals surface area (Å²) in [6.07, 6.45) is 0.378. The first-order chi connectivity index (χ1) is 10.6. The lowest BCUT2D eigenvalue weighted by Crippen LogP contribution is -2.46. The van der Waals surface area contributed by atoms with Gasteiger partial charge in [0, 0.05) is 13.0 Å². The highest BCUT2D eigenvalue weighted by Crippen LogP contribution is 2.04. The van der Waals surface area contributed by atoms with E-state index in [1.54, 1.807) is 0 Å². The second-order valence-electron chi connectivity index (χ2n) is 4.89. The molecule has 1 atom stereocenters. The lowest BCUT2D eigenvalue weighted by Gasteiger charge is -2.17. The molecular weight excluding hydrogens is 296 g/mol. The number of carboxylic acids is 1. The maximum absolute atomic E-state index is 11.4. The number of thiocarbonyl (C=S) groups is 1. The summed E-state index contributed by atoms with van der Waals surface area (Å²) in [4.78, 5) is 11.4. The van der Waals surface area contributed by atoms with Crippen LogP contribution in [0, 0.1) is 0 Å². The van der Waals surface area contributed by atoms with E-state index < -0.39 is 12.0 Å². The molecule has 0 unspecified atom stereocenters. The molecule has 0 amide bonds. The molecule has 0 aliphatic rings. The summed E-state index contributed by atoms with van der Waals surface area (Å²) < 4.78 is 0. The van der Waals surface area contributed by atoms with Gasteiger partial charge in [-0.2, -0.15) is 0 Å². The van der Waals surface area contributed by atoms with Gasteiger partial charge in [-0.1, -0.05) is 60.7 Å². The number of rotatable bonds is 6. The molecule has 0 saturated carbocycles. The summed E-state index contributed by atoms with van der Waals surface area (Å²) >= 11 is 5.18. The van der Waals surface area contributed by atoms with Crippen LogP contribution in [0.3, 0.4) is 0 Å². The maximum atomic E-state index is 11.4. The van der Waals surface area contributed by atoms with Crippen LogP contribution in [0.5, 0.6) is 0 Å². The van der Waals surface area contributed by atoms with E-state index in [9.17, 15) is 9.90 Å². The minimum Gasteiger partial charge on any atom is -0.480 e. The van der Waals surface area contributed by atoms with Gasteiger partial charge in [-0.3, -0.25) is 0 Å². The number of carbonyl (C=O) groups is 1. The summed E-state index contributed by atoms with van der Waals surface area (Å²) in [6, 6.07) is 18.5. The molecular formula is C17H18N2O2S. The first-order valence-electron chi connectivity index (χ1n) is 7.00. The van der Waals surface area contributed by atoms with Crippen molar-refractivity contribution < 1.29 is 9.90 Å². The van der Waals surface area contributed by atoms with Crippen molar-refractivity contribution in [3.05, 3.63) is 71.8 Å². The molecule has 0 aliphatic heterocycles. The van der Waals surface area contributed by atoms with Crippen molar-refractivity contribution in [3.63, 3.8) is 0 Å². The number of carboxylic acid groups (broad SMARTS) is 1. The van der Waals surface area contributed by atoms with E-state index in [1.165, 1.54) is 0 Å². The highest BCUT2D eigenvalue weighted by Gasteiger charge is 2.18. The summed E-state index contributed by atoms with van der Waals surface area (Å²) in [5.41, 5.74) is 2.04. The predicted molar refractivity (Wildman–Crippen MR) is 90.6 cm³/mol. The van der Waals surface area contributed by atoms with Crippen molar-refractivity contribution in [2.75, 3.05) is 0 Å². The zero-order valence-corrected chi connectivity index (χ0v) is 12.8. The fourth-order valence-corrected chi connectivity index (χ4v) is 2.25. The van der Waals surface area contributed by atoms with E-state index in [1.807, 2.05) is 60.7 Å². The first kappa shape index (κ1) is 16.0. The van der Waals surface area contributed by atoms with Crippen LogP contribution in [-0.4, -0.2) is 22.2 Å². The molecule has 5 heteroatoms. The zero-order chi connectivity index (χ0) is 15.8. The summed E-state index contributed by atoms with van der Waals surface area (Å²) in [5, 5.41) is 15.5. The quantitative estimate of drug-likeness (QED) is 0.715. The number of hydrogen-bond donors (Lipinski definition) is 3. The molecule has 0 radical (unpaired) electrons. The van der Waals surface area contributed by atoms with E-state index in [0.29, 0.717) is 18.1 Å². The molecule has 0 bridgehead atoms. The molecule has 2 aromatic rings. The molecule has 22 heavy (non-hydrogen) atoms. The second-order valence-corrected chi connectivity index (χ2v) is 5.30. The standard InChI is InChI=1S/C17H18N2O2S/c20-16(21)15(11-13-7-3-1-4-8-13)19-17(22)18-12-14-9-5-2-6-10-14/h1-10,15H,11-12H2,(H,20,21)(H2,18,19,22)/t15-/m0/s1. The van der Waals surface area contributed by atoms with Crippen molar-refractivity contribution >= 4 is 23.3 Å². The van der Waals surface area contributed by atoms with Crippen molar-refractivity contribution in [2.45, 2.75) is 19.0 Å². The molecule has 2 aromatic carbocycles. The lowest BCUT2D eigenvalue weighted by molar-refractivity contribution is -0.139. The van der Waals surface area contributed by atoms with Gasteiger partial charge in [-0.05, 0) is 23.3 Å². The van der Waals surface area contributed by atoms with Crippen molar-refractivity contribution in [2.24, 2.45) is 0 Å². The molecule has 0 spiro atoms. The lowest BCUT2D eigenvalue weighted by atomic mass is 10.1. The monoisotopic (exact) mass is 314 g/mol. The molecule has 0 aliphatic carbocycles. The van der Waals surface area contributed by atoms with Crippen LogP contribution in [0.25, 0.3) is 0 Å². The molecule has 2 rings (SSSR count). The molecule has 0 fully saturated rings. The number of aliphatic carboxylic acids is 1. The zero-order valence-electron chi connectivity index (χ0n) is 12.0. The molecule has 0 aromatic heterocycles. The minimum absolute atomic E-state index is 0.340. The molecule has 3 N–H and O–H groups in total. The second kappa shape index (κ2) is 8.14. The Labute approximate surface area is 135 Å². The third kappa shape index (κ3) is 5.18. The van der Waals surface area contributed by atoms with E-state index in [0.717, 1.165) is 11.1 Å². The van der Waals surface area contributed by atoms with Gasteiger partial charge < -0.3 is 15.7 Å². The van der Waals surface area contributed by atoms with Gasteiger partial charge in [0.25, 0.3) is 0 Å². The highest BCUT2D eigenvalue weighted by molar-refractivity contribution is 7.80. The summed E-state index contributed by atoms with van der Waals surface area (Å²) in [5.74, 6) is -0.923. The summed E-state index contributed by atoms with van der Waals surface area (Å²) in [6.45, 7) is 0.560. The minimum atomic E-state index is -0.923. The Morgan fingerprint density at radius 2 is 1.55 bits per heavy atom. The Balaban J connectivity index is 1.88. The van der Waals surface area contributed by atoms with Crippen molar-refractivity contribution in [1.29, 1.82) is 0 Å². The van der Waals surface area contributed by atoms with Gasteiger partial charge in [0.15, 0.2) is 5.11 Å². The molecule has 114 valence electrons. The van der Waals surface area contributed by atoms with Gasteiger partial charge >= 0.3 is 5.97 Å². The smallest absolute Gasteiger partial charge is 0.326 e. The van der Waals surface area contributed by atoms with Crippen LogP contribution in [0.15, 0.2) is 60.7 Å². The largest absolute Gasteiger partial charge is 0.480 e. The fraction of sp³-hybridized carbons (Fsp3) is 0.176. The van der Waals surface area contributed by atoms with Crippen LogP contribution in [0.2, 0.25) is 0 Å². The van der Waals surface area contributed by atoms with Gasteiger partial charge in [0.2, 0.25) is 0 Å². The normalized spacial score (nSPS) is 11.5. The average molecular weight is 314 g/mol. The van der Waals surface area contributed by atoms with Crippen LogP contribution in [0.4, 0.5) is 0 Å². The third-order valence-corrected chi connectivity index (χ3v) is 3.44. The third-order valence-electron chi connectivity index (χ3n) is 3.18. The van der Waals surface area contributed by atoms with Crippen LogP contribution >= 0.6 is 12.2 Å². The predicted octanol–water partition coefficient (Wildman–Crippen LogP) is 2.35. The summed E-state index contributed by atoms with van der Waals surface area (Å²) in [7, 11) is 0. The van der Waals surface area contributed by atoms with Gasteiger partial charge in [0.1, 0.15) is 6.04 Å². The Kier molecular flexibility index (Phi) is 5.91. The molecule has 0 heterocycles. The SMILES string of the molecule is O=C(O)[C@H](Cc1ccccc1)NC(=S)NCc1ccccc1. The maximum Gasteiger partial charge on any atom is 0.326 e. The van der Waals surface area contributed by atoms with Gasteiger partial charge in [0.05, 0.1) is 0 Å². The average Bonchev–Trinajstić information content (AvgIpc) is 2.54. The fourth-order valence-electron chi connectivity index (χ4n) is 2.04. The van der Waals surface area contributed by atoms with Crippen molar-refractivity contribution in [3.8, 4) is 0 Å². The topological polar surface area (TPSA) is 61.4 Å². The Morgan fingerprint density at radius 1 is 1.00 bits per heavy atom. The Hall–Kier alpha value is -2.40. The van der Waals surface area contributed by atoms with Crippen LogP contribution in [-0.2, 0) is 17.8 Å². The van der Waals surface area contributed by atoms with Gasteiger partial charge in [-0.15, -0.1) is 0 Å². The molecule has 4 nitrogen and oxygen atoms in total. The Bertz CT molecular complexity index is 617. The number of nitrogens with one attached hydrogen (secondary N) is 2. The first-order valence-corrected chi connectivity index (χ1v) is 7.41. The highest BCUT2D eigenvalue weighted by atomic mass is 32.1. The van der Waals surface area contributed by atoms with Crippen LogP contribution < -0.4 is 10.6 Å². The van der Waals surface area contributed by atoms with E-state index in [2.05, 4.69) is 10.6 Å². The number of benzene rings is 2. The van der Waals surface area contributed by atoms with E-state index in [-0.39, 0.29) is 0 Å². The Morgan fingerprint density at radius 3 is 2.09 bits per heavy atom. The van der Waals surface area contributed by atoms with Crippen LogP contribution in [0.1, 0.15) is 11.1 Å². The van der Waals surface area contributed by atoms with Gasteiger partial charge in [-0.25, -0.2) is 4.79 Å².